The summed E-state index contributed by atoms with van der Waals surface area (Å²) in [6, 6.07) is 55.8. The van der Waals surface area contributed by atoms with Crippen LogP contribution in [0.5, 0.6) is 17.2 Å². The molecule has 0 saturated carbocycles. The number of hydrogen-bond donors (Lipinski definition) is 0. The first-order valence-electron chi connectivity index (χ1n) is 15.7. The van der Waals surface area contributed by atoms with Gasteiger partial charge in [0.1, 0.15) is 17.2 Å². The lowest BCUT2D eigenvalue weighted by Gasteiger charge is -2.33. The molecule has 0 radical (unpaired) electrons. The molecule has 3 heterocycles. The highest BCUT2D eigenvalue weighted by molar-refractivity contribution is 6.84. The summed E-state index contributed by atoms with van der Waals surface area (Å²) in [4.78, 5) is 0. The van der Waals surface area contributed by atoms with Crippen LogP contribution in [-0.2, 0) is 0 Å². The van der Waals surface area contributed by atoms with E-state index in [1.165, 1.54) is 32.9 Å². The molecule has 0 fully saturated rings. The van der Waals surface area contributed by atoms with Crippen molar-refractivity contribution in [3.63, 3.8) is 0 Å². The maximum Gasteiger partial charge on any atom is 0.434 e. The van der Waals surface area contributed by atoms with Crippen molar-refractivity contribution in [3.05, 3.63) is 158 Å². The van der Waals surface area contributed by atoms with E-state index in [0.29, 0.717) is 0 Å². The highest BCUT2D eigenvalue weighted by Crippen LogP contribution is 2.42. The van der Waals surface area contributed by atoms with Crippen molar-refractivity contribution >= 4 is 39.6 Å². The second kappa shape index (κ2) is 9.75. The van der Waals surface area contributed by atoms with Crippen molar-refractivity contribution in [2.45, 2.75) is 0 Å². The third-order valence-electron chi connectivity index (χ3n) is 9.49. The van der Waals surface area contributed by atoms with Gasteiger partial charge in [0.2, 0.25) is 0 Å². The third-order valence-corrected chi connectivity index (χ3v) is 9.49. The lowest BCUT2D eigenvalue weighted by atomic mass is 9.51. The van der Waals surface area contributed by atoms with Gasteiger partial charge in [0.15, 0.2) is 0 Å². The average Bonchev–Trinajstić information content (AvgIpc) is 3.46. The van der Waals surface area contributed by atoms with Crippen molar-refractivity contribution < 1.29 is 9.39 Å². The maximum atomic E-state index is 6.93. The first kappa shape index (κ1) is 25.3. The predicted octanol–water partition coefficient (Wildman–Crippen LogP) is 9.39. The molecule has 2 aliphatic rings. The van der Waals surface area contributed by atoms with Crippen molar-refractivity contribution in [2.75, 3.05) is 0 Å². The number of para-hydroxylation sites is 2. The molecule has 0 spiro atoms. The smallest absolute Gasteiger partial charge is 0.434 e. The summed E-state index contributed by atoms with van der Waals surface area (Å²) >= 11 is 0. The molecule has 10 rings (SSSR count). The molecule has 0 saturated heterocycles. The van der Waals surface area contributed by atoms with Gasteiger partial charge in [-0.15, -0.1) is 0 Å². The van der Waals surface area contributed by atoms with Crippen LogP contribution in [0.4, 0.5) is 0 Å². The largest absolute Gasteiger partial charge is 0.551 e. The van der Waals surface area contributed by atoms with Gasteiger partial charge in [-0.1, -0.05) is 115 Å². The van der Waals surface area contributed by atoms with Gasteiger partial charge in [0, 0.05) is 39.0 Å². The minimum atomic E-state index is -0.263. The van der Waals surface area contributed by atoms with Crippen LogP contribution >= 0.6 is 0 Å². The van der Waals surface area contributed by atoms with Crippen LogP contribution in [-0.4, -0.2) is 11.5 Å². The minimum absolute atomic E-state index is 0.263. The van der Waals surface area contributed by atoms with Crippen molar-refractivity contribution in [2.24, 2.45) is 0 Å². The molecule has 0 unspecified atom stereocenters. The van der Waals surface area contributed by atoms with Gasteiger partial charge in [-0.3, -0.25) is 0 Å². The quantitative estimate of drug-likeness (QED) is 0.192. The van der Waals surface area contributed by atoms with E-state index >= 15 is 0 Å². The molecule has 0 aliphatic carbocycles. The number of benzene rings is 7. The zero-order valence-electron chi connectivity index (χ0n) is 24.9. The number of rotatable bonds is 3. The molecule has 0 bridgehead atoms. The van der Waals surface area contributed by atoms with Gasteiger partial charge in [0.25, 0.3) is 0 Å². The van der Waals surface area contributed by atoms with Gasteiger partial charge in [-0.05, 0) is 64.2 Å². The molecule has 4 heteroatoms. The monoisotopic (exact) mass is 587 g/mol. The van der Waals surface area contributed by atoms with Gasteiger partial charge in [-0.25, -0.2) is 0 Å². The molecule has 0 atom stereocenters. The molecule has 46 heavy (non-hydrogen) atoms. The average molecular weight is 587 g/mol. The molecular formula is C42H26BNO2. The lowest BCUT2D eigenvalue weighted by Crippen LogP contribution is -2.53. The van der Waals surface area contributed by atoms with Crippen LogP contribution in [0.3, 0.4) is 0 Å². The van der Waals surface area contributed by atoms with E-state index in [9.17, 15) is 0 Å². The Kier molecular flexibility index (Phi) is 5.37. The summed E-state index contributed by atoms with van der Waals surface area (Å²) in [5.74, 6) is 2.56. The molecule has 0 amide bonds. The molecule has 1 aromatic heterocycles. The van der Waals surface area contributed by atoms with Gasteiger partial charge >= 0.3 is 6.92 Å². The fourth-order valence-electron chi connectivity index (χ4n) is 7.36. The van der Waals surface area contributed by atoms with Gasteiger partial charge in [0.05, 0.1) is 11.0 Å². The molecule has 7 aromatic carbocycles. The minimum Gasteiger partial charge on any atom is -0.551 e. The number of ether oxygens (including phenoxy) is 1. The van der Waals surface area contributed by atoms with E-state index in [1.807, 2.05) is 0 Å². The van der Waals surface area contributed by atoms with Crippen molar-refractivity contribution in [3.8, 4) is 56.3 Å². The first-order chi connectivity index (χ1) is 22.8. The Hall–Kier alpha value is -6.00. The highest BCUT2D eigenvalue weighted by atomic mass is 16.5. The Morgan fingerprint density at radius 2 is 1.11 bits per heavy atom. The molecule has 8 aromatic rings. The molecule has 3 nitrogen and oxygen atoms in total. The Bertz CT molecular complexity index is 2440. The number of hydrogen-bond acceptors (Lipinski definition) is 2. The topological polar surface area (TPSA) is 23.4 Å². The van der Waals surface area contributed by atoms with Crippen LogP contribution in [0.25, 0.3) is 60.9 Å². The Labute approximate surface area is 267 Å². The SMILES string of the molecule is c1ccc(-c2cccc(-c3ccc4c(c3)OB3c5ccc(-n6c7ccccc7c7ccccc76)cc5Oc5cccc-4c53)c2)cc1. The van der Waals surface area contributed by atoms with E-state index in [-0.39, 0.29) is 6.92 Å². The van der Waals surface area contributed by atoms with Crippen molar-refractivity contribution in [1.82, 2.24) is 4.57 Å². The summed E-state index contributed by atoms with van der Waals surface area (Å²) in [5.41, 5.74) is 12.5. The van der Waals surface area contributed by atoms with Crippen LogP contribution in [0.15, 0.2) is 158 Å². The van der Waals surface area contributed by atoms with E-state index in [1.54, 1.807) is 0 Å². The van der Waals surface area contributed by atoms with Gasteiger partial charge < -0.3 is 14.0 Å². The summed E-state index contributed by atoms with van der Waals surface area (Å²) in [5, 5.41) is 2.48. The normalized spacial score (nSPS) is 12.7. The summed E-state index contributed by atoms with van der Waals surface area (Å²) in [6.45, 7) is -0.263. The number of aromatic nitrogens is 1. The second-order valence-corrected chi connectivity index (χ2v) is 12.1. The van der Waals surface area contributed by atoms with Crippen molar-refractivity contribution in [1.29, 1.82) is 0 Å². The van der Waals surface area contributed by atoms with Crippen LogP contribution < -0.4 is 20.3 Å². The molecular weight excluding hydrogens is 561 g/mol. The zero-order chi connectivity index (χ0) is 30.2. The Morgan fingerprint density at radius 1 is 0.435 bits per heavy atom. The number of nitrogens with zero attached hydrogens (tertiary/aromatic N) is 1. The first-order valence-corrected chi connectivity index (χ1v) is 15.7. The zero-order valence-corrected chi connectivity index (χ0v) is 24.9. The fraction of sp³-hybridized carbons (Fsp3) is 0. The van der Waals surface area contributed by atoms with Crippen LogP contribution in [0.2, 0.25) is 0 Å². The van der Waals surface area contributed by atoms with E-state index in [4.69, 9.17) is 9.39 Å². The molecule has 2 aliphatic heterocycles. The summed E-state index contributed by atoms with van der Waals surface area (Å²) in [6.07, 6.45) is 0. The fourth-order valence-corrected chi connectivity index (χ4v) is 7.36. The summed E-state index contributed by atoms with van der Waals surface area (Å²) < 4.78 is 15.9. The predicted molar refractivity (Wildman–Crippen MR) is 189 cm³/mol. The standard InChI is InChI=1S/C42H26BNO2/c1-2-10-27(11-3-1)28-12-8-13-29(24-28)30-20-22-34-35-16-9-19-39-42(35)43(46-40(34)25-30)36-23-21-31(26-41(36)45-39)44-37-17-6-4-14-32(37)33-15-5-7-18-38(33)44/h1-26H. The Balaban J connectivity index is 1.08. The Morgan fingerprint density at radius 3 is 1.91 bits per heavy atom. The maximum absolute atomic E-state index is 6.93. The molecule has 0 N–H and O–H groups in total. The van der Waals surface area contributed by atoms with Crippen LogP contribution in [0, 0.1) is 0 Å². The number of fused-ring (bicyclic) bond motifs is 7. The third kappa shape index (κ3) is 3.74. The van der Waals surface area contributed by atoms with Gasteiger partial charge in [-0.2, -0.15) is 0 Å². The van der Waals surface area contributed by atoms with Crippen LogP contribution in [0.1, 0.15) is 0 Å². The molecule has 214 valence electrons. The van der Waals surface area contributed by atoms with E-state index < -0.39 is 0 Å². The lowest BCUT2D eigenvalue weighted by molar-refractivity contribution is 0.479. The van der Waals surface area contributed by atoms with E-state index in [0.717, 1.165) is 56.1 Å². The highest BCUT2D eigenvalue weighted by Gasteiger charge is 2.40. The summed E-state index contributed by atoms with van der Waals surface area (Å²) in [7, 11) is 0. The second-order valence-electron chi connectivity index (χ2n) is 12.1. The van der Waals surface area contributed by atoms with E-state index in [2.05, 4.69) is 162 Å².